The predicted octanol–water partition coefficient (Wildman–Crippen LogP) is 7.01. The molecular weight excluding hydrogens is 659 g/mol. The first-order valence-corrected chi connectivity index (χ1v) is 19.8. The van der Waals surface area contributed by atoms with Crippen LogP contribution in [0.3, 0.4) is 0 Å². The molecule has 0 bridgehead atoms. The Morgan fingerprint density at radius 1 is 0.868 bits per heavy atom. The first kappa shape index (κ1) is 37.2. The van der Waals surface area contributed by atoms with Gasteiger partial charge in [0, 0.05) is 69.6 Å². The monoisotopic (exact) mass is 715 g/mol. The highest BCUT2D eigenvalue weighted by Crippen LogP contribution is 2.35. The number of likely N-dealkylation sites (tertiary alicyclic amines) is 3. The van der Waals surface area contributed by atoms with Crippen molar-refractivity contribution in [3.05, 3.63) is 86.6 Å². The molecule has 2 amide bonds. The van der Waals surface area contributed by atoms with E-state index >= 15 is 0 Å². The van der Waals surface area contributed by atoms with Crippen LogP contribution in [0.1, 0.15) is 99.1 Å². The van der Waals surface area contributed by atoms with Crippen LogP contribution < -0.4 is 0 Å². The molecule has 8 rings (SSSR count). The van der Waals surface area contributed by atoms with E-state index in [0.717, 1.165) is 86.1 Å². The van der Waals surface area contributed by atoms with Gasteiger partial charge >= 0.3 is 0 Å². The molecular formula is C45H57N5O3. The van der Waals surface area contributed by atoms with E-state index < -0.39 is 5.92 Å². The number of hydrogen-bond acceptors (Lipinski definition) is 6. The molecule has 0 aromatic heterocycles. The van der Waals surface area contributed by atoms with E-state index in [2.05, 4.69) is 64.1 Å². The van der Waals surface area contributed by atoms with Gasteiger partial charge in [0.1, 0.15) is 0 Å². The Hall–Kier alpha value is -4.17. The van der Waals surface area contributed by atoms with Crippen molar-refractivity contribution in [1.82, 2.24) is 14.7 Å². The second kappa shape index (κ2) is 16.1. The number of rotatable bonds is 8. The van der Waals surface area contributed by atoms with Crippen LogP contribution in [0, 0.1) is 24.7 Å². The minimum absolute atomic E-state index is 0. The van der Waals surface area contributed by atoms with Crippen molar-refractivity contribution in [2.45, 2.75) is 98.1 Å². The molecule has 8 nitrogen and oxygen atoms in total. The van der Waals surface area contributed by atoms with Crippen LogP contribution in [-0.2, 0) is 33.8 Å². The Bertz CT molecular complexity index is 1850. The summed E-state index contributed by atoms with van der Waals surface area (Å²) < 4.78 is 0. The lowest BCUT2D eigenvalue weighted by Crippen LogP contribution is -2.50. The zero-order valence-corrected chi connectivity index (χ0v) is 31.0. The Balaban J connectivity index is 0.00000435. The molecule has 6 aliphatic rings. The minimum atomic E-state index is -0.405. The van der Waals surface area contributed by atoms with Gasteiger partial charge in [0.05, 0.1) is 12.5 Å². The van der Waals surface area contributed by atoms with Gasteiger partial charge in [-0.15, -0.1) is 0 Å². The van der Waals surface area contributed by atoms with Crippen LogP contribution in [-0.4, -0.2) is 90.0 Å². The Labute approximate surface area is 316 Å². The first-order valence-electron chi connectivity index (χ1n) is 19.8. The summed E-state index contributed by atoms with van der Waals surface area (Å²) in [6.45, 7) is 9.97. The summed E-state index contributed by atoms with van der Waals surface area (Å²) in [7, 11) is 0. The lowest BCUT2D eigenvalue weighted by atomic mass is 9.80. The van der Waals surface area contributed by atoms with E-state index in [0.29, 0.717) is 44.4 Å². The zero-order chi connectivity index (χ0) is 35.8. The number of allylic oxidation sites excluding steroid dienone is 3. The van der Waals surface area contributed by atoms with Crippen LogP contribution in [0.5, 0.6) is 0 Å². The summed E-state index contributed by atoms with van der Waals surface area (Å²) in [6.07, 6.45) is 14.3. The first-order chi connectivity index (χ1) is 25.3. The normalized spacial score (nSPS) is 21.8. The Kier molecular flexibility index (Phi) is 11.3. The van der Waals surface area contributed by atoms with Crippen LogP contribution >= 0.6 is 0 Å². The molecule has 0 N–H and O–H groups in total. The van der Waals surface area contributed by atoms with E-state index in [9.17, 15) is 14.4 Å². The second-order valence-corrected chi connectivity index (χ2v) is 16.1. The number of aryl methyl sites for hydroxylation is 1. The SMILES string of the molecule is C.CC1=C(C2CCN(C3CCN(C(=O)[C@H](CC(=O)N4CCC(C5=Cc6ccccc6CC5=O)CC4)Cc4cc(C)c5c(c4)C=NC5)CC3)CC2)CC=N1. The number of benzene rings is 2. The molecule has 8 heteroatoms. The number of ketones is 1. The van der Waals surface area contributed by atoms with Crippen molar-refractivity contribution in [2.24, 2.45) is 27.7 Å². The molecule has 0 spiro atoms. The van der Waals surface area contributed by atoms with E-state index in [1.807, 2.05) is 29.3 Å². The minimum Gasteiger partial charge on any atom is -0.343 e. The van der Waals surface area contributed by atoms with Gasteiger partial charge in [-0.1, -0.05) is 37.8 Å². The van der Waals surface area contributed by atoms with Crippen molar-refractivity contribution in [3.63, 3.8) is 0 Å². The Morgan fingerprint density at radius 3 is 2.32 bits per heavy atom. The predicted molar refractivity (Wildman–Crippen MR) is 213 cm³/mol. The molecule has 0 saturated carbocycles. The lowest BCUT2D eigenvalue weighted by molar-refractivity contribution is -0.143. The van der Waals surface area contributed by atoms with E-state index in [1.54, 1.807) is 5.57 Å². The number of hydrogen-bond donors (Lipinski definition) is 0. The van der Waals surface area contributed by atoms with Gasteiger partial charge in [-0.25, -0.2) is 0 Å². The number of carbonyl (C=O) groups excluding carboxylic acids is 3. The van der Waals surface area contributed by atoms with Crippen molar-refractivity contribution >= 4 is 36.1 Å². The molecule has 5 aliphatic heterocycles. The molecule has 2 aromatic rings. The molecule has 0 radical (unpaired) electrons. The van der Waals surface area contributed by atoms with E-state index in [4.69, 9.17) is 0 Å². The maximum absolute atomic E-state index is 14.4. The maximum atomic E-state index is 14.4. The molecule has 0 unspecified atom stereocenters. The quantitative estimate of drug-likeness (QED) is 0.295. The standard InChI is InChI=1S/C44H53N5O3.CH4/c1-29-21-31(23-37-27-45-28-41(29)37)22-36(26-43(51)48-17-10-33(11-18-48)40-24-34-5-3-4-6-35(34)25-42(40)50)44(52)49-19-12-38(13-20-49)47-15-8-32(9-16-47)39-7-14-46-30(39)2;/h3-6,14,21,23-24,27,32-33,36,38H,7-13,15-20,22,25-26,28H2,1-2H3;1H4/t36-;/m0./s1. The third-order valence-electron chi connectivity index (χ3n) is 13.0. The van der Waals surface area contributed by atoms with E-state index in [-0.39, 0.29) is 37.4 Å². The number of aliphatic imine (C=N–C) groups is 2. The number of fused-ring (bicyclic) bond motifs is 2. The molecule has 1 aliphatic carbocycles. The maximum Gasteiger partial charge on any atom is 0.226 e. The molecule has 280 valence electrons. The van der Waals surface area contributed by atoms with Crippen molar-refractivity contribution in [1.29, 1.82) is 0 Å². The molecule has 3 fully saturated rings. The van der Waals surface area contributed by atoms with Gasteiger partial charge in [0.15, 0.2) is 5.78 Å². The second-order valence-electron chi connectivity index (χ2n) is 16.1. The van der Waals surface area contributed by atoms with Crippen molar-refractivity contribution in [2.75, 3.05) is 39.3 Å². The molecule has 53 heavy (non-hydrogen) atoms. The third kappa shape index (κ3) is 7.89. The van der Waals surface area contributed by atoms with E-state index in [1.165, 1.54) is 29.7 Å². The highest BCUT2D eigenvalue weighted by Gasteiger charge is 2.36. The lowest BCUT2D eigenvalue weighted by Gasteiger charge is -2.42. The number of nitrogens with zero attached hydrogens (tertiary/aromatic N) is 5. The average Bonchev–Trinajstić information content (AvgIpc) is 3.83. The summed E-state index contributed by atoms with van der Waals surface area (Å²) >= 11 is 0. The largest absolute Gasteiger partial charge is 0.343 e. The fraction of sp³-hybridized carbons (Fsp3) is 0.533. The van der Waals surface area contributed by atoms with Crippen molar-refractivity contribution in [3.8, 4) is 0 Å². The number of amides is 2. The fourth-order valence-corrected chi connectivity index (χ4v) is 9.92. The van der Waals surface area contributed by atoms with Gasteiger partial charge in [-0.3, -0.25) is 24.4 Å². The topological polar surface area (TPSA) is 85.7 Å². The zero-order valence-electron chi connectivity index (χ0n) is 31.0. The molecule has 1 atom stereocenters. The van der Waals surface area contributed by atoms with Gasteiger partial charge in [-0.2, -0.15) is 0 Å². The molecule has 5 heterocycles. The smallest absolute Gasteiger partial charge is 0.226 e. The fourth-order valence-electron chi connectivity index (χ4n) is 9.92. The summed E-state index contributed by atoms with van der Waals surface area (Å²) in [5, 5.41) is 0. The van der Waals surface area contributed by atoms with Crippen LogP contribution in [0.4, 0.5) is 0 Å². The van der Waals surface area contributed by atoms with Gasteiger partial charge in [0.25, 0.3) is 0 Å². The van der Waals surface area contributed by atoms with Gasteiger partial charge < -0.3 is 14.7 Å². The van der Waals surface area contributed by atoms with Crippen LogP contribution in [0.2, 0.25) is 0 Å². The number of carbonyl (C=O) groups is 3. The molecule has 2 aromatic carbocycles. The van der Waals surface area contributed by atoms with Crippen LogP contribution in [0.15, 0.2) is 63.2 Å². The summed E-state index contributed by atoms with van der Waals surface area (Å²) in [5.41, 5.74) is 10.6. The summed E-state index contributed by atoms with van der Waals surface area (Å²) in [6, 6.07) is 13.0. The third-order valence-corrected chi connectivity index (χ3v) is 13.0. The molecule has 3 saturated heterocycles. The Morgan fingerprint density at radius 2 is 1.58 bits per heavy atom. The summed E-state index contributed by atoms with van der Waals surface area (Å²) in [4.78, 5) is 57.1. The van der Waals surface area contributed by atoms with Crippen LogP contribution in [0.25, 0.3) is 6.08 Å². The van der Waals surface area contributed by atoms with Gasteiger partial charge in [-0.05, 0) is 140 Å². The highest BCUT2D eigenvalue weighted by atomic mass is 16.2. The number of piperidine rings is 3. The van der Waals surface area contributed by atoms with Gasteiger partial charge in [0.2, 0.25) is 11.8 Å². The highest BCUT2D eigenvalue weighted by molar-refractivity contribution is 6.04. The van der Waals surface area contributed by atoms with Crippen molar-refractivity contribution < 1.29 is 14.4 Å². The summed E-state index contributed by atoms with van der Waals surface area (Å²) in [5.74, 6) is 0.807. The number of Topliss-reactive ketones (excluding diaryl/α,β-unsaturated/α-hetero) is 1. The average molecular weight is 716 g/mol.